The Morgan fingerprint density at radius 1 is 1.25 bits per heavy atom. The molecular weight excluding hydrogens is 398 g/mol. The fourth-order valence-electron chi connectivity index (χ4n) is 3.42. The zero-order valence-electron chi connectivity index (χ0n) is 16.4. The molecule has 1 aromatic carbocycles. The van der Waals surface area contributed by atoms with Gasteiger partial charge in [0, 0.05) is 31.1 Å². The number of carbonyl (C=O) groups is 2. The van der Waals surface area contributed by atoms with E-state index in [9.17, 15) is 9.59 Å². The van der Waals surface area contributed by atoms with Crippen LogP contribution in [0.1, 0.15) is 42.5 Å². The molecule has 1 atom stereocenters. The van der Waals surface area contributed by atoms with E-state index in [2.05, 4.69) is 10.6 Å². The van der Waals surface area contributed by atoms with Crippen molar-refractivity contribution < 1.29 is 14.3 Å². The standard InChI is InChI=1S/C20H31N3O3S.ClH/c1-26-12-11-22-19(24)14-27-18-10-6-5-9-16(18)20(25)23-17(13-21)15-7-3-2-4-8-15;/h5-6,9-10,15,17H,2-4,7-8,11-14,21H2,1H3,(H,22,24)(H,23,25);1H. The minimum atomic E-state index is -0.112. The lowest BCUT2D eigenvalue weighted by Gasteiger charge is -2.30. The topological polar surface area (TPSA) is 93.4 Å². The van der Waals surface area contributed by atoms with Crippen molar-refractivity contribution in [2.45, 2.75) is 43.0 Å². The molecule has 1 aliphatic carbocycles. The average Bonchev–Trinajstić information content (AvgIpc) is 2.71. The fraction of sp³-hybridized carbons (Fsp3) is 0.600. The monoisotopic (exact) mass is 429 g/mol. The van der Waals surface area contributed by atoms with Crippen LogP contribution < -0.4 is 16.4 Å². The van der Waals surface area contributed by atoms with Crippen molar-refractivity contribution in [3.63, 3.8) is 0 Å². The van der Waals surface area contributed by atoms with Crippen molar-refractivity contribution in [3.8, 4) is 0 Å². The number of hydrogen-bond acceptors (Lipinski definition) is 5. The highest BCUT2D eigenvalue weighted by atomic mass is 35.5. The molecule has 0 aliphatic heterocycles. The molecule has 2 rings (SSSR count). The SMILES string of the molecule is COCCNC(=O)CSc1ccccc1C(=O)NC(CN)C1CCCCC1.Cl. The first-order chi connectivity index (χ1) is 13.2. The highest BCUT2D eigenvalue weighted by Gasteiger charge is 2.25. The van der Waals surface area contributed by atoms with Crippen molar-refractivity contribution in [2.24, 2.45) is 11.7 Å². The summed E-state index contributed by atoms with van der Waals surface area (Å²) in [6.07, 6.45) is 5.94. The van der Waals surface area contributed by atoms with Crippen molar-refractivity contribution in [1.29, 1.82) is 0 Å². The minimum absolute atomic E-state index is 0. The van der Waals surface area contributed by atoms with Crippen molar-refractivity contribution >= 4 is 36.0 Å². The highest BCUT2D eigenvalue weighted by molar-refractivity contribution is 8.00. The number of halogens is 1. The van der Waals surface area contributed by atoms with Crippen LogP contribution in [0.15, 0.2) is 29.2 Å². The Balaban J connectivity index is 0.00000392. The van der Waals surface area contributed by atoms with Crippen LogP contribution in [0.2, 0.25) is 0 Å². The second-order valence-electron chi connectivity index (χ2n) is 6.84. The quantitative estimate of drug-likeness (QED) is 0.392. The van der Waals surface area contributed by atoms with Crippen LogP contribution in [0.3, 0.4) is 0 Å². The van der Waals surface area contributed by atoms with Gasteiger partial charge >= 0.3 is 0 Å². The highest BCUT2D eigenvalue weighted by Crippen LogP contribution is 2.27. The van der Waals surface area contributed by atoms with Crippen molar-refractivity contribution in [1.82, 2.24) is 10.6 Å². The van der Waals surface area contributed by atoms with E-state index in [1.54, 1.807) is 13.2 Å². The third-order valence-corrected chi connectivity index (χ3v) is 5.98. The molecule has 28 heavy (non-hydrogen) atoms. The van der Waals surface area contributed by atoms with Crippen LogP contribution in [-0.2, 0) is 9.53 Å². The summed E-state index contributed by atoms with van der Waals surface area (Å²) in [5, 5.41) is 5.91. The molecule has 4 N–H and O–H groups in total. The zero-order valence-corrected chi connectivity index (χ0v) is 18.1. The van der Waals surface area contributed by atoms with Gasteiger partial charge in [0.25, 0.3) is 5.91 Å². The number of nitrogens with one attached hydrogen (secondary N) is 2. The molecule has 6 nitrogen and oxygen atoms in total. The van der Waals surface area contributed by atoms with Crippen LogP contribution >= 0.6 is 24.2 Å². The summed E-state index contributed by atoms with van der Waals surface area (Å²) < 4.78 is 4.92. The summed E-state index contributed by atoms with van der Waals surface area (Å²) in [4.78, 5) is 25.5. The largest absolute Gasteiger partial charge is 0.383 e. The van der Waals surface area contributed by atoms with Gasteiger partial charge in [0.2, 0.25) is 5.91 Å². The van der Waals surface area contributed by atoms with Crippen LogP contribution in [0.4, 0.5) is 0 Å². The van der Waals surface area contributed by atoms with Gasteiger partial charge in [-0.05, 0) is 30.9 Å². The van der Waals surface area contributed by atoms with Gasteiger partial charge in [0.1, 0.15) is 0 Å². The molecule has 8 heteroatoms. The molecule has 1 fully saturated rings. The molecule has 1 saturated carbocycles. The van der Waals surface area contributed by atoms with Crippen molar-refractivity contribution in [3.05, 3.63) is 29.8 Å². The van der Waals surface area contributed by atoms with Gasteiger partial charge in [-0.3, -0.25) is 9.59 Å². The smallest absolute Gasteiger partial charge is 0.252 e. The summed E-state index contributed by atoms with van der Waals surface area (Å²) >= 11 is 1.37. The van der Waals surface area contributed by atoms with E-state index in [4.69, 9.17) is 10.5 Å². The molecule has 0 aromatic heterocycles. The Hall–Kier alpha value is -1.28. The first-order valence-electron chi connectivity index (χ1n) is 9.64. The van der Waals surface area contributed by atoms with Crippen molar-refractivity contribution in [2.75, 3.05) is 32.6 Å². The second kappa shape index (κ2) is 13.8. The first-order valence-corrected chi connectivity index (χ1v) is 10.6. The number of carbonyl (C=O) groups excluding carboxylic acids is 2. The number of nitrogens with two attached hydrogens (primary N) is 1. The zero-order chi connectivity index (χ0) is 19.5. The van der Waals surface area contributed by atoms with Crippen LogP contribution in [0.5, 0.6) is 0 Å². The minimum Gasteiger partial charge on any atom is -0.383 e. The number of ether oxygens (including phenoxy) is 1. The maximum atomic E-state index is 12.8. The molecule has 1 unspecified atom stereocenters. The van der Waals surface area contributed by atoms with Gasteiger partial charge in [-0.15, -0.1) is 24.2 Å². The lowest BCUT2D eigenvalue weighted by atomic mass is 9.84. The summed E-state index contributed by atoms with van der Waals surface area (Å²) in [6, 6.07) is 7.40. The third kappa shape index (κ3) is 7.99. The lowest BCUT2D eigenvalue weighted by molar-refractivity contribution is -0.118. The summed E-state index contributed by atoms with van der Waals surface area (Å²) in [5.74, 6) is 0.532. The number of methoxy groups -OCH3 is 1. The Bertz CT molecular complexity index is 612. The molecule has 158 valence electrons. The van der Waals surface area contributed by atoms with Crippen LogP contribution in [0, 0.1) is 5.92 Å². The van der Waals surface area contributed by atoms with Gasteiger partial charge in [0.05, 0.1) is 17.9 Å². The number of rotatable bonds is 10. The normalized spacial score (nSPS) is 15.4. The molecule has 1 aromatic rings. The number of amides is 2. The fourth-order valence-corrected chi connectivity index (χ4v) is 4.30. The van der Waals surface area contributed by atoms with E-state index in [0.717, 1.165) is 17.7 Å². The first kappa shape index (κ1) is 24.8. The molecular formula is C20H32ClN3O3S. The Morgan fingerprint density at radius 2 is 1.96 bits per heavy atom. The van der Waals surface area contributed by atoms with Gasteiger partial charge in [-0.2, -0.15) is 0 Å². The van der Waals surface area contributed by atoms with E-state index in [1.807, 2.05) is 18.2 Å². The number of hydrogen-bond donors (Lipinski definition) is 3. The Morgan fingerprint density at radius 3 is 2.64 bits per heavy atom. The van der Waals surface area contributed by atoms with Crippen LogP contribution in [0.25, 0.3) is 0 Å². The number of benzene rings is 1. The molecule has 0 radical (unpaired) electrons. The predicted molar refractivity (Wildman–Crippen MR) is 116 cm³/mol. The summed E-state index contributed by atoms with van der Waals surface area (Å²) in [7, 11) is 1.59. The molecule has 2 amide bonds. The van der Waals surface area contributed by atoms with Gasteiger partial charge in [-0.25, -0.2) is 0 Å². The summed E-state index contributed by atoms with van der Waals surface area (Å²) in [5.41, 5.74) is 6.54. The maximum absolute atomic E-state index is 12.8. The van der Waals surface area contributed by atoms with E-state index in [1.165, 1.54) is 31.0 Å². The van der Waals surface area contributed by atoms with Crippen LogP contribution in [-0.4, -0.2) is 50.4 Å². The second-order valence-corrected chi connectivity index (χ2v) is 7.86. The van der Waals surface area contributed by atoms with E-state index in [0.29, 0.717) is 31.2 Å². The number of thioether (sulfide) groups is 1. The van der Waals surface area contributed by atoms with Gasteiger partial charge in [-0.1, -0.05) is 31.4 Å². The molecule has 0 bridgehead atoms. The predicted octanol–water partition coefficient (Wildman–Crippen LogP) is 2.60. The lowest BCUT2D eigenvalue weighted by Crippen LogP contribution is -2.46. The Labute approximate surface area is 178 Å². The molecule has 0 spiro atoms. The molecule has 1 aliphatic rings. The van der Waals surface area contributed by atoms with Gasteiger partial charge in [0.15, 0.2) is 0 Å². The van der Waals surface area contributed by atoms with Gasteiger partial charge < -0.3 is 21.1 Å². The third-order valence-electron chi connectivity index (χ3n) is 4.91. The Kier molecular flexibility index (Phi) is 12.2. The maximum Gasteiger partial charge on any atom is 0.252 e. The average molecular weight is 430 g/mol. The summed E-state index contributed by atoms with van der Waals surface area (Å²) in [6.45, 7) is 1.42. The molecule has 0 heterocycles. The van der Waals surface area contributed by atoms with E-state index >= 15 is 0 Å². The van der Waals surface area contributed by atoms with E-state index < -0.39 is 0 Å². The molecule has 0 saturated heterocycles. The van der Waals surface area contributed by atoms with E-state index in [-0.39, 0.29) is 36.0 Å².